The Morgan fingerprint density at radius 1 is 0.517 bits per heavy atom. The molecule has 0 radical (unpaired) electrons. The molecule has 4 aromatic heterocycles. The van der Waals surface area contributed by atoms with Crippen molar-refractivity contribution in [3.8, 4) is 46.2 Å². The van der Waals surface area contributed by atoms with Crippen LogP contribution in [-0.4, -0.2) is 54.9 Å². The van der Waals surface area contributed by atoms with E-state index in [-0.39, 0.29) is 11.5 Å². The Bertz CT molecular complexity index is 2200. The normalized spacial score (nSPS) is 16.3. The molecule has 0 saturated heterocycles. The van der Waals surface area contributed by atoms with Crippen LogP contribution in [0, 0.1) is 13.8 Å². The molecule has 0 bridgehead atoms. The van der Waals surface area contributed by atoms with Crippen molar-refractivity contribution in [1.82, 2.24) is 30.4 Å². The van der Waals surface area contributed by atoms with Crippen LogP contribution in [0.25, 0.3) is 23.2 Å². The molecule has 300 valence electrons. The molecule has 6 heterocycles. The number of pyridine rings is 2. The number of rotatable bonds is 8. The minimum Gasteiger partial charge on any atom is -0.438 e. The van der Waals surface area contributed by atoms with Gasteiger partial charge in [0.15, 0.2) is 12.2 Å². The lowest BCUT2D eigenvalue weighted by molar-refractivity contribution is -0.275. The molecule has 2 aliphatic rings. The number of oxime groups is 2. The first-order chi connectivity index (χ1) is 27.7. The van der Waals surface area contributed by atoms with Crippen LogP contribution in [0.1, 0.15) is 48.0 Å². The largest absolute Gasteiger partial charge is 0.573 e. The molecule has 0 saturated carbocycles. The van der Waals surface area contributed by atoms with Crippen LogP contribution in [0.3, 0.4) is 0 Å². The predicted octanol–water partition coefficient (Wildman–Crippen LogP) is 8.39. The molecule has 58 heavy (non-hydrogen) atoms. The summed E-state index contributed by atoms with van der Waals surface area (Å²) in [5.74, 6) is 2.35. The number of nitrogens with zero attached hydrogens (tertiary/aromatic N) is 8. The van der Waals surface area contributed by atoms with Crippen LogP contribution in [0.15, 0.2) is 104 Å². The predicted molar refractivity (Wildman–Crippen MR) is 184 cm³/mol. The molecule has 2 atom stereocenters. The number of benzene rings is 2. The SMILES string of the molecule is Cc1nnc(-c2ccc(OC3=NO[C@@H](c4ccc(OC(F)(F)F)cc4)C3)cn2)o1.Cc1nnc(-c2ccc(OC3=NO[C@H](c4ccc(OC(F)(F)F)cc4)C3)cn2)o1. The van der Waals surface area contributed by atoms with Crippen molar-refractivity contribution in [3.05, 3.63) is 108 Å². The number of aromatic nitrogens is 6. The summed E-state index contributed by atoms with van der Waals surface area (Å²) in [6, 6.07) is 17.4. The van der Waals surface area contributed by atoms with Crippen LogP contribution in [0.5, 0.6) is 23.0 Å². The molecule has 2 aliphatic heterocycles. The Morgan fingerprint density at radius 2 is 0.897 bits per heavy atom. The van der Waals surface area contributed by atoms with Crippen LogP contribution >= 0.6 is 0 Å². The first-order valence-electron chi connectivity index (χ1n) is 16.8. The second-order valence-corrected chi connectivity index (χ2v) is 12.0. The highest BCUT2D eigenvalue weighted by Gasteiger charge is 2.33. The highest BCUT2D eigenvalue weighted by molar-refractivity contribution is 5.80. The summed E-state index contributed by atoms with van der Waals surface area (Å²) in [6.07, 6.45) is -6.84. The van der Waals surface area contributed by atoms with Crippen LogP contribution < -0.4 is 18.9 Å². The van der Waals surface area contributed by atoms with E-state index in [2.05, 4.69) is 50.1 Å². The summed E-state index contributed by atoms with van der Waals surface area (Å²) >= 11 is 0. The van der Waals surface area contributed by atoms with Gasteiger partial charge in [-0.3, -0.25) is 0 Å². The molecule has 0 N–H and O–H groups in total. The van der Waals surface area contributed by atoms with E-state index in [1.807, 2.05) is 0 Å². The fraction of sp³-hybridized carbons (Fsp3) is 0.222. The van der Waals surface area contributed by atoms with E-state index in [1.54, 1.807) is 38.1 Å². The first-order valence-corrected chi connectivity index (χ1v) is 16.8. The lowest BCUT2D eigenvalue weighted by atomic mass is 10.1. The lowest BCUT2D eigenvalue weighted by Gasteiger charge is -2.11. The van der Waals surface area contributed by atoms with E-state index < -0.39 is 24.9 Å². The maximum Gasteiger partial charge on any atom is 0.573 e. The van der Waals surface area contributed by atoms with Gasteiger partial charge in [-0.1, -0.05) is 34.6 Å². The van der Waals surface area contributed by atoms with Crippen molar-refractivity contribution in [2.75, 3.05) is 0 Å². The van der Waals surface area contributed by atoms with Crippen molar-refractivity contribution in [1.29, 1.82) is 0 Å². The van der Waals surface area contributed by atoms with E-state index in [4.69, 9.17) is 28.0 Å². The van der Waals surface area contributed by atoms with Crippen LogP contribution in [0.2, 0.25) is 0 Å². The van der Waals surface area contributed by atoms with Gasteiger partial charge < -0.3 is 37.5 Å². The van der Waals surface area contributed by atoms with Gasteiger partial charge in [0, 0.05) is 13.8 Å². The van der Waals surface area contributed by atoms with E-state index in [0.29, 0.717) is 82.2 Å². The van der Waals surface area contributed by atoms with Crippen molar-refractivity contribution >= 4 is 11.8 Å². The summed E-state index contributed by atoms with van der Waals surface area (Å²) in [4.78, 5) is 19.0. The van der Waals surface area contributed by atoms with Crippen molar-refractivity contribution in [2.45, 2.75) is 51.6 Å². The third kappa shape index (κ3) is 10.5. The maximum atomic E-state index is 12.2. The zero-order valence-corrected chi connectivity index (χ0v) is 29.8. The molecule has 0 amide bonds. The molecule has 0 aliphatic carbocycles. The molecule has 0 spiro atoms. The molecule has 0 fully saturated rings. The van der Waals surface area contributed by atoms with Crippen LogP contribution in [0.4, 0.5) is 26.3 Å². The third-order valence-corrected chi connectivity index (χ3v) is 7.69. The highest BCUT2D eigenvalue weighted by atomic mass is 19.4. The first kappa shape index (κ1) is 39.0. The number of hydrogen-bond acceptors (Lipinski definition) is 16. The van der Waals surface area contributed by atoms with E-state index in [1.165, 1.54) is 60.9 Å². The van der Waals surface area contributed by atoms with Crippen LogP contribution in [-0.2, 0) is 9.68 Å². The van der Waals surface area contributed by atoms with Gasteiger partial charge in [0.25, 0.3) is 11.8 Å². The molecule has 22 heteroatoms. The van der Waals surface area contributed by atoms with Gasteiger partial charge in [0.1, 0.15) is 34.4 Å². The summed E-state index contributed by atoms with van der Waals surface area (Å²) in [5.41, 5.74) is 2.28. The zero-order valence-electron chi connectivity index (χ0n) is 29.8. The van der Waals surface area contributed by atoms with E-state index >= 15 is 0 Å². The Hall–Kier alpha value is -7.26. The van der Waals surface area contributed by atoms with Crippen molar-refractivity contribution in [3.63, 3.8) is 0 Å². The number of ether oxygens (including phenoxy) is 4. The Kier molecular flexibility index (Phi) is 11.1. The highest BCUT2D eigenvalue weighted by Crippen LogP contribution is 2.33. The molecular weight excluding hydrogens is 786 g/mol. The lowest BCUT2D eigenvalue weighted by Crippen LogP contribution is -2.17. The fourth-order valence-electron chi connectivity index (χ4n) is 5.16. The minimum absolute atomic E-state index is 0.300. The molecule has 8 rings (SSSR count). The van der Waals surface area contributed by atoms with Gasteiger partial charge in [-0.2, -0.15) is 0 Å². The second-order valence-electron chi connectivity index (χ2n) is 12.0. The van der Waals surface area contributed by atoms with Gasteiger partial charge in [-0.05, 0) is 59.7 Å². The Morgan fingerprint density at radius 3 is 1.21 bits per heavy atom. The van der Waals surface area contributed by atoms with Crippen molar-refractivity contribution in [2.24, 2.45) is 10.3 Å². The number of halogens is 6. The zero-order chi connectivity index (χ0) is 40.9. The average molecular weight is 813 g/mol. The van der Waals surface area contributed by atoms with Gasteiger partial charge >= 0.3 is 12.7 Å². The summed E-state index contributed by atoms with van der Waals surface area (Å²) in [7, 11) is 0. The van der Waals surface area contributed by atoms with Gasteiger partial charge in [0.2, 0.25) is 23.6 Å². The maximum absolute atomic E-state index is 12.2. The Labute approximate surface area is 322 Å². The number of alkyl halides is 6. The quantitative estimate of drug-likeness (QED) is 0.134. The van der Waals surface area contributed by atoms with Crippen molar-refractivity contribution < 1.29 is 63.8 Å². The Balaban J connectivity index is 0.000000177. The van der Waals surface area contributed by atoms with E-state index in [9.17, 15) is 26.3 Å². The monoisotopic (exact) mass is 812 g/mol. The molecular formula is C36H26F6N8O8. The summed E-state index contributed by atoms with van der Waals surface area (Å²) in [5, 5.41) is 23.0. The number of aryl methyl sites for hydroxylation is 2. The van der Waals surface area contributed by atoms with Gasteiger partial charge in [-0.15, -0.1) is 46.7 Å². The average Bonchev–Trinajstić information content (AvgIpc) is 4.02. The number of hydrogen-bond donors (Lipinski definition) is 0. The molecule has 16 nitrogen and oxygen atoms in total. The van der Waals surface area contributed by atoms with E-state index in [0.717, 1.165) is 0 Å². The molecule has 2 aromatic carbocycles. The summed E-state index contributed by atoms with van der Waals surface area (Å²) < 4.78 is 103. The molecule has 0 unspecified atom stereocenters. The summed E-state index contributed by atoms with van der Waals surface area (Å²) in [6.45, 7) is 3.36. The smallest absolute Gasteiger partial charge is 0.438 e. The van der Waals surface area contributed by atoms with Gasteiger partial charge in [-0.25, -0.2) is 9.97 Å². The standard InChI is InChI=1S/2C18H13F3N4O4/c2*1-10-23-24-17(26-10)14-7-6-13(9-22-14)27-16-8-15(29-25-16)11-2-4-12(5-3-11)28-18(19,20)21/h2*2-7,9,15H,8H2,1H3/t2*15-/m10/s1. The molecule has 6 aromatic rings. The fourth-order valence-corrected chi connectivity index (χ4v) is 5.16. The van der Waals surface area contributed by atoms with Gasteiger partial charge in [0.05, 0.1) is 25.2 Å². The second kappa shape index (κ2) is 16.5. The minimum atomic E-state index is -4.73. The third-order valence-electron chi connectivity index (χ3n) is 7.69. The topological polar surface area (TPSA) is 184 Å².